The molecule has 0 bridgehead atoms. The molecule has 0 saturated heterocycles. The number of amides is 1. The molecule has 1 fully saturated rings. The van der Waals surface area contributed by atoms with Gasteiger partial charge in [0.25, 0.3) is 0 Å². The number of para-hydroxylation sites is 1. The van der Waals surface area contributed by atoms with E-state index >= 15 is 0 Å². The van der Waals surface area contributed by atoms with E-state index in [0.717, 1.165) is 35.0 Å². The maximum absolute atomic E-state index is 13.3. The van der Waals surface area contributed by atoms with E-state index in [-0.39, 0.29) is 24.5 Å². The number of aliphatic imine (C=N–C) groups is 1. The van der Waals surface area contributed by atoms with Gasteiger partial charge in [-0.1, -0.05) is 42.1 Å². The molecule has 8 heteroatoms. The molecular weight excluding hydrogens is 474 g/mol. The lowest BCUT2D eigenvalue weighted by atomic mass is 9.93. The van der Waals surface area contributed by atoms with Gasteiger partial charge in [0.2, 0.25) is 5.91 Å². The summed E-state index contributed by atoms with van der Waals surface area (Å²) in [7, 11) is 0. The molecule has 2 aromatic carbocycles. The number of allylic oxidation sites excluding steroid dienone is 1. The fourth-order valence-corrected chi connectivity index (χ4v) is 5.23. The van der Waals surface area contributed by atoms with Gasteiger partial charge in [-0.05, 0) is 68.8 Å². The summed E-state index contributed by atoms with van der Waals surface area (Å²) in [5.74, 6) is 0.938. The number of carbonyl (C=O) groups is 2. The Kier molecular flexibility index (Phi) is 6.87. The summed E-state index contributed by atoms with van der Waals surface area (Å²) >= 11 is 1.46. The van der Waals surface area contributed by atoms with Crippen molar-refractivity contribution in [2.75, 3.05) is 0 Å². The normalized spacial score (nSPS) is 19.0. The van der Waals surface area contributed by atoms with Gasteiger partial charge in [0.15, 0.2) is 5.17 Å². The largest absolute Gasteiger partial charge is 0.459 e. The molecule has 0 spiro atoms. The zero-order chi connectivity index (χ0) is 25.2. The van der Waals surface area contributed by atoms with Crippen molar-refractivity contribution < 1.29 is 19.1 Å². The highest BCUT2D eigenvalue weighted by atomic mass is 32.2. The molecule has 7 nitrogen and oxygen atoms in total. The Morgan fingerprint density at radius 1 is 1.11 bits per heavy atom. The number of carbonyl (C=O) groups excluding carboxylic acids is 2. The van der Waals surface area contributed by atoms with Crippen molar-refractivity contribution in [3.8, 4) is 11.5 Å². The van der Waals surface area contributed by atoms with Crippen molar-refractivity contribution in [2.24, 2.45) is 4.99 Å². The molecule has 2 aliphatic heterocycles. The predicted octanol–water partition coefficient (Wildman–Crippen LogP) is 5.67. The second kappa shape index (κ2) is 10.2. The summed E-state index contributed by atoms with van der Waals surface area (Å²) < 4.78 is 11.7. The number of rotatable bonds is 8. The van der Waals surface area contributed by atoms with Crippen molar-refractivity contribution in [1.29, 1.82) is 0 Å². The molecule has 0 radical (unpaired) electrons. The predicted molar refractivity (Wildman–Crippen MR) is 140 cm³/mol. The van der Waals surface area contributed by atoms with Gasteiger partial charge in [-0.3, -0.25) is 4.79 Å². The number of nitrogens with zero attached hydrogens (tertiary/aromatic N) is 2. The Hall–Kier alpha value is -3.52. The van der Waals surface area contributed by atoms with Crippen molar-refractivity contribution in [1.82, 2.24) is 10.2 Å². The fraction of sp³-hybridized carbons (Fsp3) is 0.321. The summed E-state index contributed by atoms with van der Waals surface area (Å²) in [5.41, 5.74) is 2.72. The summed E-state index contributed by atoms with van der Waals surface area (Å²) in [6, 6.07) is 17.0. The van der Waals surface area contributed by atoms with Crippen LogP contribution < -0.4 is 10.1 Å². The second-order valence-corrected chi connectivity index (χ2v) is 10.2. The lowest BCUT2D eigenvalue weighted by Gasteiger charge is -2.36. The van der Waals surface area contributed by atoms with E-state index in [0.29, 0.717) is 17.0 Å². The zero-order valence-corrected chi connectivity index (χ0v) is 21.4. The molecule has 1 N–H and O–H groups in total. The molecular formula is C28H29N3O4S. The van der Waals surface area contributed by atoms with E-state index in [4.69, 9.17) is 14.5 Å². The molecule has 2 aromatic rings. The average molecular weight is 504 g/mol. The van der Waals surface area contributed by atoms with Gasteiger partial charge in [0, 0.05) is 11.7 Å². The number of hydrogen-bond acceptors (Lipinski definition) is 7. The number of fused-ring (bicyclic) bond motifs is 1. The van der Waals surface area contributed by atoms with Crippen molar-refractivity contribution >= 4 is 28.8 Å². The molecule has 3 aliphatic rings. The third-order valence-corrected chi connectivity index (χ3v) is 6.89. The Morgan fingerprint density at radius 2 is 1.86 bits per heavy atom. The number of esters is 1. The number of benzene rings is 2. The Labute approximate surface area is 215 Å². The Morgan fingerprint density at radius 3 is 2.58 bits per heavy atom. The van der Waals surface area contributed by atoms with Gasteiger partial charge < -0.3 is 19.7 Å². The van der Waals surface area contributed by atoms with Crippen LogP contribution in [0.4, 0.5) is 0 Å². The van der Waals surface area contributed by atoms with Crippen molar-refractivity contribution in [3.63, 3.8) is 0 Å². The highest BCUT2D eigenvalue weighted by molar-refractivity contribution is 8.16. The molecule has 2 heterocycles. The molecule has 1 aliphatic carbocycles. The molecule has 0 aromatic heterocycles. The zero-order valence-electron chi connectivity index (χ0n) is 20.6. The molecule has 186 valence electrons. The maximum atomic E-state index is 13.3. The number of nitrogens with one attached hydrogen (secondary N) is 1. The van der Waals surface area contributed by atoms with E-state index in [2.05, 4.69) is 5.32 Å². The summed E-state index contributed by atoms with van der Waals surface area (Å²) in [4.78, 5) is 32.7. The van der Waals surface area contributed by atoms with E-state index in [1.165, 1.54) is 11.8 Å². The minimum Gasteiger partial charge on any atom is -0.459 e. The number of hydrogen-bond donors (Lipinski definition) is 1. The van der Waals surface area contributed by atoms with Crippen LogP contribution in [0.3, 0.4) is 0 Å². The molecule has 1 saturated carbocycles. The quantitative estimate of drug-likeness (QED) is 0.467. The lowest BCUT2D eigenvalue weighted by molar-refractivity contribution is -0.143. The van der Waals surface area contributed by atoms with Gasteiger partial charge in [0.05, 0.1) is 29.8 Å². The van der Waals surface area contributed by atoms with E-state index < -0.39 is 12.0 Å². The van der Waals surface area contributed by atoms with Crippen LogP contribution in [0.25, 0.3) is 0 Å². The minimum atomic E-state index is -0.502. The van der Waals surface area contributed by atoms with Crippen LogP contribution in [0.5, 0.6) is 11.5 Å². The molecule has 1 amide bonds. The van der Waals surface area contributed by atoms with Gasteiger partial charge >= 0.3 is 5.97 Å². The SMILES string of the molecule is CC1=C(C(=O)OC(C)C)[C@H](c2cccc(Oc3ccccc3)c2)N2C(CC(=O)NC3CC3)=CSC2=N1. The van der Waals surface area contributed by atoms with Crippen molar-refractivity contribution in [2.45, 2.75) is 58.2 Å². The standard InChI is InChI=1S/C28H29N3O4S/c1-17(2)34-27(33)25-18(3)29-28-31(21(16-36-28)15-24(32)30-20-12-13-20)26(25)19-8-7-11-23(14-19)35-22-9-5-4-6-10-22/h4-11,14,16-17,20,26H,12-13,15H2,1-3H3,(H,30,32)/t26-/m0/s1. The minimum absolute atomic E-state index is 0.0249. The van der Waals surface area contributed by atoms with Crippen LogP contribution in [0.15, 0.2) is 82.0 Å². The van der Waals surface area contributed by atoms with Crippen LogP contribution in [-0.4, -0.2) is 34.1 Å². The lowest BCUT2D eigenvalue weighted by Crippen LogP contribution is -2.38. The van der Waals surface area contributed by atoms with E-state index in [1.807, 2.05) is 85.7 Å². The van der Waals surface area contributed by atoms with Gasteiger partial charge in [-0.15, -0.1) is 0 Å². The number of thioether (sulfide) groups is 1. The first-order valence-electron chi connectivity index (χ1n) is 12.2. The van der Waals surface area contributed by atoms with Crippen LogP contribution in [0.1, 0.15) is 51.6 Å². The first kappa shape index (κ1) is 24.2. The summed E-state index contributed by atoms with van der Waals surface area (Å²) in [5, 5.41) is 5.75. The first-order chi connectivity index (χ1) is 17.4. The highest BCUT2D eigenvalue weighted by Crippen LogP contribution is 2.45. The summed E-state index contributed by atoms with van der Waals surface area (Å²) in [6.07, 6.45) is 1.99. The van der Waals surface area contributed by atoms with Crippen LogP contribution >= 0.6 is 11.8 Å². The summed E-state index contributed by atoms with van der Waals surface area (Å²) in [6.45, 7) is 5.48. The molecule has 36 heavy (non-hydrogen) atoms. The van der Waals surface area contributed by atoms with Crippen LogP contribution in [0.2, 0.25) is 0 Å². The molecule has 0 unspecified atom stereocenters. The highest BCUT2D eigenvalue weighted by Gasteiger charge is 2.41. The molecule has 1 atom stereocenters. The number of amidine groups is 1. The van der Waals surface area contributed by atoms with E-state index in [1.54, 1.807) is 0 Å². The van der Waals surface area contributed by atoms with Crippen molar-refractivity contribution in [3.05, 3.63) is 82.5 Å². The number of ether oxygens (including phenoxy) is 2. The van der Waals surface area contributed by atoms with E-state index in [9.17, 15) is 9.59 Å². The topological polar surface area (TPSA) is 80.2 Å². The third-order valence-electron chi connectivity index (χ3n) is 6.00. The van der Waals surface area contributed by atoms with Gasteiger partial charge in [-0.25, -0.2) is 9.79 Å². The van der Waals surface area contributed by atoms with Crippen LogP contribution in [-0.2, 0) is 14.3 Å². The Bertz CT molecular complexity index is 1260. The Balaban J connectivity index is 1.51. The third kappa shape index (κ3) is 5.33. The second-order valence-electron chi connectivity index (χ2n) is 9.35. The van der Waals surface area contributed by atoms with Crippen LogP contribution in [0, 0.1) is 0 Å². The maximum Gasteiger partial charge on any atom is 0.338 e. The monoisotopic (exact) mass is 503 g/mol. The van der Waals surface area contributed by atoms with Gasteiger partial charge in [0.1, 0.15) is 11.5 Å². The average Bonchev–Trinajstić information content (AvgIpc) is 3.57. The smallest absolute Gasteiger partial charge is 0.338 e. The fourth-order valence-electron chi connectivity index (χ4n) is 4.27. The van der Waals surface area contributed by atoms with Gasteiger partial charge in [-0.2, -0.15) is 0 Å². The first-order valence-corrected chi connectivity index (χ1v) is 13.0. The molecule has 5 rings (SSSR count).